The molecule has 1 fully saturated rings. The zero-order valence-corrected chi connectivity index (χ0v) is 15.0. The smallest absolute Gasteiger partial charge is 0.160 e. The minimum atomic E-state index is 0.184. The van der Waals surface area contributed by atoms with Crippen LogP contribution in [0.15, 0.2) is 30.5 Å². The molecule has 26 heavy (non-hydrogen) atoms. The SMILES string of the molecule is COc1cc(CN2[C@H]3CC[C@H]2c2cnc4cc(C)nn4c2C3)ccc1O. The predicted octanol–water partition coefficient (Wildman–Crippen LogP) is 3.01. The quantitative estimate of drug-likeness (QED) is 0.787. The van der Waals surface area contributed by atoms with Gasteiger partial charge >= 0.3 is 0 Å². The van der Waals surface area contributed by atoms with E-state index in [9.17, 15) is 5.11 Å². The van der Waals surface area contributed by atoms with Gasteiger partial charge in [0.1, 0.15) is 0 Å². The molecule has 6 heteroatoms. The Balaban J connectivity index is 1.51. The van der Waals surface area contributed by atoms with E-state index < -0.39 is 0 Å². The topological polar surface area (TPSA) is 62.9 Å². The first-order valence-corrected chi connectivity index (χ1v) is 9.10. The number of hydrogen-bond donors (Lipinski definition) is 1. The molecular formula is C20H22N4O2. The number of fused-ring (bicyclic) bond motifs is 6. The number of benzene rings is 1. The van der Waals surface area contributed by atoms with Gasteiger partial charge in [0.2, 0.25) is 0 Å². The number of phenols is 1. The van der Waals surface area contributed by atoms with E-state index in [1.807, 2.05) is 35.8 Å². The molecular weight excluding hydrogens is 328 g/mol. The fourth-order valence-electron chi connectivity index (χ4n) is 4.58. The van der Waals surface area contributed by atoms with Crippen molar-refractivity contribution in [1.29, 1.82) is 0 Å². The molecule has 2 aromatic heterocycles. The second kappa shape index (κ2) is 5.71. The van der Waals surface area contributed by atoms with Crippen LogP contribution in [0, 0.1) is 6.92 Å². The molecule has 3 aromatic rings. The van der Waals surface area contributed by atoms with Gasteiger partial charge in [-0.15, -0.1) is 0 Å². The van der Waals surface area contributed by atoms with E-state index in [2.05, 4.69) is 15.0 Å². The zero-order chi connectivity index (χ0) is 17.8. The summed E-state index contributed by atoms with van der Waals surface area (Å²) in [5, 5.41) is 14.5. The largest absolute Gasteiger partial charge is 0.504 e. The van der Waals surface area contributed by atoms with Crippen LogP contribution in [0.1, 0.15) is 41.4 Å². The Kier molecular flexibility index (Phi) is 3.43. The average Bonchev–Trinajstić information content (AvgIpc) is 3.14. The number of hydrogen-bond acceptors (Lipinski definition) is 5. The highest BCUT2D eigenvalue weighted by Crippen LogP contribution is 2.44. The molecule has 0 saturated carbocycles. The van der Waals surface area contributed by atoms with Crippen molar-refractivity contribution >= 4 is 5.65 Å². The molecule has 6 nitrogen and oxygen atoms in total. The van der Waals surface area contributed by atoms with Gasteiger partial charge in [-0.3, -0.25) is 4.90 Å². The Morgan fingerprint density at radius 3 is 3.00 bits per heavy atom. The Bertz CT molecular complexity index is 997. The molecule has 1 N–H and O–H groups in total. The maximum atomic E-state index is 9.83. The summed E-state index contributed by atoms with van der Waals surface area (Å²) >= 11 is 0. The van der Waals surface area contributed by atoms with Crippen LogP contribution in [0.2, 0.25) is 0 Å². The standard InChI is InChI=1S/C20H22N4O2/c1-12-7-20-21-10-15-16-5-4-14(9-17(15)24(20)22-12)23(16)11-13-3-6-18(25)19(8-13)26-2/h3,6-8,10,14,16,25H,4-5,9,11H2,1-2H3/t14-,16-/m0/s1. The first kappa shape index (κ1) is 15.6. The van der Waals surface area contributed by atoms with Crippen LogP contribution in [0.5, 0.6) is 11.5 Å². The summed E-state index contributed by atoms with van der Waals surface area (Å²) in [6, 6.07) is 8.56. The monoisotopic (exact) mass is 350 g/mol. The van der Waals surface area contributed by atoms with Crippen molar-refractivity contribution < 1.29 is 9.84 Å². The highest BCUT2D eigenvalue weighted by atomic mass is 16.5. The van der Waals surface area contributed by atoms with Crippen molar-refractivity contribution in [1.82, 2.24) is 19.5 Å². The highest BCUT2D eigenvalue weighted by molar-refractivity contribution is 5.45. The second-order valence-corrected chi connectivity index (χ2v) is 7.35. The van der Waals surface area contributed by atoms with Gasteiger partial charge in [-0.2, -0.15) is 5.10 Å². The van der Waals surface area contributed by atoms with Crippen molar-refractivity contribution in [2.24, 2.45) is 0 Å². The third kappa shape index (κ3) is 2.29. The number of rotatable bonds is 3. The Labute approximate surface area is 152 Å². The average molecular weight is 350 g/mol. The van der Waals surface area contributed by atoms with E-state index >= 15 is 0 Å². The summed E-state index contributed by atoms with van der Waals surface area (Å²) in [6.45, 7) is 2.87. The van der Waals surface area contributed by atoms with E-state index in [1.54, 1.807) is 13.2 Å². The number of ether oxygens (including phenoxy) is 1. The van der Waals surface area contributed by atoms with Crippen LogP contribution in [0.4, 0.5) is 0 Å². The number of phenolic OH excluding ortho intramolecular Hbond substituents is 1. The summed E-state index contributed by atoms with van der Waals surface area (Å²) in [7, 11) is 1.59. The lowest BCUT2D eigenvalue weighted by Gasteiger charge is -2.36. The summed E-state index contributed by atoms with van der Waals surface area (Å²) in [5.41, 5.74) is 5.73. The molecule has 0 unspecified atom stereocenters. The maximum absolute atomic E-state index is 9.83. The molecule has 1 saturated heterocycles. The first-order valence-electron chi connectivity index (χ1n) is 9.10. The minimum absolute atomic E-state index is 0.184. The molecule has 2 bridgehead atoms. The van der Waals surface area contributed by atoms with Gasteiger partial charge in [-0.1, -0.05) is 6.07 Å². The number of methoxy groups -OCH3 is 1. The van der Waals surface area contributed by atoms with Crippen LogP contribution in [-0.2, 0) is 13.0 Å². The lowest BCUT2D eigenvalue weighted by molar-refractivity contribution is 0.165. The predicted molar refractivity (Wildman–Crippen MR) is 97.4 cm³/mol. The Morgan fingerprint density at radius 1 is 1.27 bits per heavy atom. The fourth-order valence-corrected chi connectivity index (χ4v) is 4.58. The summed E-state index contributed by atoms with van der Waals surface area (Å²) in [6.07, 6.45) is 5.39. The minimum Gasteiger partial charge on any atom is -0.504 e. The van der Waals surface area contributed by atoms with Gasteiger partial charge in [-0.25, -0.2) is 9.50 Å². The zero-order valence-electron chi connectivity index (χ0n) is 15.0. The third-order valence-electron chi connectivity index (χ3n) is 5.78. The third-order valence-corrected chi connectivity index (χ3v) is 5.78. The second-order valence-electron chi connectivity index (χ2n) is 7.35. The molecule has 2 atom stereocenters. The number of aryl methyl sites for hydroxylation is 1. The fraction of sp³-hybridized carbons (Fsp3) is 0.400. The number of nitrogens with zero attached hydrogens (tertiary/aromatic N) is 4. The molecule has 0 amide bonds. The van der Waals surface area contributed by atoms with Gasteiger partial charge < -0.3 is 9.84 Å². The molecule has 0 spiro atoms. The van der Waals surface area contributed by atoms with Crippen molar-refractivity contribution in [2.45, 2.75) is 44.8 Å². The van der Waals surface area contributed by atoms with Gasteiger partial charge in [0.25, 0.3) is 0 Å². The van der Waals surface area contributed by atoms with E-state index in [0.717, 1.165) is 36.3 Å². The van der Waals surface area contributed by atoms with Crippen molar-refractivity contribution in [3.8, 4) is 11.5 Å². The Morgan fingerprint density at radius 2 is 2.15 bits per heavy atom. The molecule has 2 aliphatic rings. The van der Waals surface area contributed by atoms with E-state index in [-0.39, 0.29) is 5.75 Å². The van der Waals surface area contributed by atoms with Gasteiger partial charge in [0.15, 0.2) is 17.1 Å². The number of aromatic nitrogens is 3. The van der Waals surface area contributed by atoms with Crippen LogP contribution < -0.4 is 4.74 Å². The normalized spacial score (nSPS) is 21.9. The lowest BCUT2D eigenvalue weighted by atomic mass is 9.98. The highest BCUT2D eigenvalue weighted by Gasteiger charge is 2.41. The molecule has 134 valence electrons. The van der Waals surface area contributed by atoms with E-state index in [4.69, 9.17) is 4.74 Å². The molecule has 5 rings (SSSR count). The first-order chi connectivity index (χ1) is 12.6. The van der Waals surface area contributed by atoms with Crippen LogP contribution in [0.25, 0.3) is 5.65 Å². The molecule has 4 heterocycles. The maximum Gasteiger partial charge on any atom is 0.160 e. The lowest BCUT2D eigenvalue weighted by Crippen LogP contribution is -2.38. The van der Waals surface area contributed by atoms with Gasteiger partial charge in [-0.05, 0) is 37.5 Å². The summed E-state index contributed by atoms with van der Waals surface area (Å²) < 4.78 is 7.30. The summed E-state index contributed by atoms with van der Waals surface area (Å²) in [4.78, 5) is 7.20. The van der Waals surface area contributed by atoms with Crippen LogP contribution >= 0.6 is 0 Å². The molecule has 0 radical (unpaired) electrons. The van der Waals surface area contributed by atoms with Gasteiger partial charge in [0.05, 0.1) is 18.5 Å². The van der Waals surface area contributed by atoms with E-state index in [0.29, 0.717) is 17.8 Å². The van der Waals surface area contributed by atoms with Crippen molar-refractivity contribution in [3.63, 3.8) is 0 Å². The molecule has 0 aliphatic carbocycles. The van der Waals surface area contributed by atoms with E-state index in [1.165, 1.54) is 17.7 Å². The summed E-state index contributed by atoms with van der Waals surface area (Å²) in [5.74, 6) is 0.714. The molecule has 1 aromatic carbocycles. The van der Waals surface area contributed by atoms with Crippen LogP contribution in [0.3, 0.4) is 0 Å². The Hall–Kier alpha value is -2.60. The van der Waals surface area contributed by atoms with Gasteiger partial charge in [0, 0.05) is 42.9 Å². The van der Waals surface area contributed by atoms with Crippen LogP contribution in [-0.4, -0.2) is 37.8 Å². The van der Waals surface area contributed by atoms with Crippen molar-refractivity contribution in [3.05, 3.63) is 53.0 Å². The van der Waals surface area contributed by atoms with Crippen molar-refractivity contribution in [2.75, 3.05) is 7.11 Å². The number of aromatic hydroxyl groups is 1. The molecule has 2 aliphatic heterocycles.